The maximum absolute atomic E-state index is 12.8. The monoisotopic (exact) mass is 583 g/mol. The molecule has 0 saturated heterocycles. The van der Waals surface area contributed by atoms with Gasteiger partial charge in [-0.15, -0.1) is 23.1 Å². The molecule has 1 aliphatic rings. The van der Waals surface area contributed by atoms with Crippen LogP contribution in [0, 0.1) is 21.4 Å². The van der Waals surface area contributed by atoms with Gasteiger partial charge in [-0.05, 0) is 41.8 Å². The van der Waals surface area contributed by atoms with Crippen molar-refractivity contribution in [1.82, 2.24) is 4.90 Å². The van der Waals surface area contributed by atoms with Crippen molar-refractivity contribution in [2.75, 3.05) is 22.9 Å². The molecule has 0 radical (unpaired) electrons. The normalized spacial score (nSPS) is 12.7. The zero-order chi connectivity index (χ0) is 28.8. The Balaban J connectivity index is 1.18. The first-order valence-corrected chi connectivity index (χ1v) is 14.6. The molecule has 0 bridgehead atoms. The SMILES string of the molecule is N#Cc1c(NC(=O)CSc2cccc(NC(=O)c3cccc([N+](=O)[O-])c3)c2)sc2c1CCN(Cc1ccccc1)C2. The molecule has 2 amide bonds. The molecule has 0 atom stereocenters. The van der Waals surface area contributed by atoms with E-state index < -0.39 is 10.8 Å². The maximum Gasteiger partial charge on any atom is 0.270 e. The molecule has 0 saturated carbocycles. The molecule has 3 aromatic carbocycles. The van der Waals surface area contributed by atoms with Crippen molar-refractivity contribution in [3.8, 4) is 6.07 Å². The Hall–Kier alpha value is -4.50. The molecule has 2 heterocycles. The number of benzene rings is 3. The predicted octanol–water partition coefficient (Wildman–Crippen LogP) is 6.07. The molecule has 0 spiro atoms. The Labute approximate surface area is 245 Å². The van der Waals surface area contributed by atoms with Gasteiger partial charge in [0.1, 0.15) is 11.1 Å². The summed E-state index contributed by atoms with van der Waals surface area (Å²) in [5, 5.41) is 27.1. The molecule has 11 heteroatoms. The highest BCUT2D eigenvalue weighted by atomic mass is 32.2. The van der Waals surface area contributed by atoms with E-state index in [0.29, 0.717) is 16.3 Å². The van der Waals surface area contributed by atoms with Gasteiger partial charge in [-0.1, -0.05) is 42.5 Å². The largest absolute Gasteiger partial charge is 0.322 e. The second kappa shape index (κ2) is 12.8. The number of nitrogens with one attached hydrogen (secondary N) is 2. The highest BCUT2D eigenvalue weighted by Crippen LogP contribution is 2.37. The zero-order valence-corrected chi connectivity index (χ0v) is 23.5. The molecular formula is C30H25N5O4S2. The minimum absolute atomic E-state index is 0.121. The van der Waals surface area contributed by atoms with Gasteiger partial charge in [0.2, 0.25) is 5.91 Å². The van der Waals surface area contributed by atoms with E-state index in [9.17, 15) is 25.0 Å². The Bertz CT molecular complexity index is 1650. The van der Waals surface area contributed by atoms with E-state index in [-0.39, 0.29) is 22.9 Å². The van der Waals surface area contributed by atoms with Crippen LogP contribution >= 0.6 is 23.1 Å². The number of anilines is 2. The fourth-order valence-corrected chi connectivity index (χ4v) is 6.59. The number of carbonyl (C=O) groups excluding carboxylic acids is 2. The van der Waals surface area contributed by atoms with Crippen molar-refractivity contribution in [3.05, 3.63) is 116 Å². The molecule has 9 nitrogen and oxygen atoms in total. The van der Waals surface area contributed by atoms with Crippen LogP contribution in [-0.2, 0) is 24.3 Å². The molecule has 5 rings (SSSR count). The number of amides is 2. The quantitative estimate of drug-likeness (QED) is 0.139. The molecule has 0 fully saturated rings. The average molecular weight is 584 g/mol. The minimum atomic E-state index is -0.551. The third-order valence-corrected chi connectivity index (χ3v) is 8.66. The highest BCUT2D eigenvalue weighted by molar-refractivity contribution is 8.00. The fraction of sp³-hybridized carbons (Fsp3) is 0.167. The zero-order valence-electron chi connectivity index (χ0n) is 21.8. The van der Waals surface area contributed by atoms with Gasteiger partial charge in [0.25, 0.3) is 11.6 Å². The van der Waals surface area contributed by atoms with E-state index in [2.05, 4.69) is 33.7 Å². The first-order chi connectivity index (χ1) is 19.9. The summed E-state index contributed by atoms with van der Waals surface area (Å²) in [4.78, 5) is 40.1. The highest BCUT2D eigenvalue weighted by Gasteiger charge is 2.25. The lowest BCUT2D eigenvalue weighted by Crippen LogP contribution is -2.29. The standard InChI is InChI=1S/C30H25N5O4S2/c31-16-26-25-12-13-34(17-20-6-2-1-3-7-20)18-27(25)41-30(26)33-28(36)19-40-24-11-5-9-22(15-24)32-29(37)21-8-4-10-23(14-21)35(38)39/h1-11,14-15H,12-13,17-19H2,(H,32,37)(H,33,36). The van der Waals surface area contributed by atoms with Crippen LogP contribution in [-0.4, -0.2) is 33.9 Å². The average Bonchev–Trinajstić information content (AvgIpc) is 3.32. The van der Waals surface area contributed by atoms with Gasteiger partial charge in [0, 0.05) is 52.8 Å². The molecule has 4 aromatic rings. The molecule has 2 N–H and O–H groups in total. The van der Waals surface area contributed by atoms with Crippen LogP contribution in [0.4, 0.5) is 16.4 Å². The van der Waals surface area contributed by atoms with Crippen molar-refractivity contribution in [2.45, 2.75) is 24.4 Å². The Kier molecular flexibility index (Phi) is 8.74. The molecule has 0 aliphatic carbocycles. The number of hydrogen-bond donors (Lipinski definition) is 2. The molecule has 206 valence electrons. The van der Waals surface area contributed by atoms with E-state index in [1.807, 2.05) is 24.3 Å². The van der Waals surface area contributed by atoms with Crippen LogP contribution in [0.15, 0.2) is 83.8 Å². The van der Waals surface area contributed by atoms with Crippen molar-refractivity contribution < 1.29 is 14.5 Å². The smallest absolute Gasteiger partial charge is 0.270 e. The van der Waals surface area contributed by atoms with Crippen molar-refractivity contribution in [2.24, 2.45) is 0 Å². The first kappa shape index (κ1) is 28.0. The lowest BCUT2D eigenvalue weighted by atomic mass is 10.0. The molecule has 1 aliphatic heterocycles. The van der Waals surface area contributed by atoms with E-state index in [0.717, 1.165) is 41.4 Å². The van der Waals surface area contributed by atoms with E-state index >= 15 is 0 Å². The number of non-ortho nitro benzene ring substituents is 1. The van der Waals surface area contributed by atoms with Crippen molar-refractivity contribution in [3.63, 3.8) is 0 Å². The van der Waals surface area contributed by atoms with Gasteiger partial charge in [-0.25, -0.2) is 0 Å². The number of nitrogens with zero attached hydrogens (tertiary/aromatic N) is 3. The topological polar surface area (TPSA) is 128 Å². The number of nitro groups is 1. The number of fused-ring (bicyclic) bond motifs is 1. The number of thiophene rings is 1. The van der Waals surface area contributed by atoms with Crippen LogP contribution in [0.2, 0.25) is 0 Å². The first-order valence-electron chi connectivity index (χ1n) is 12.8. The number of thioether (sulfide) groups is 1. The van der Waals surface area contributed by atoms with Gasteiger partial charge >= 0.3 is 0 Å². The van der Waals surface area contributed by atoms with Gasteiger partial charge in [0.05, 0.1) is 16.2 Å². The fourth-order valence-electron chi connectivity index (χ4n) is 4.58. The summed E-state index contributed by atoms with van der Waals surface area (Å²) in [5.74, 6) is -0.575. The Morgan fingerprint density at radius 1 is 1.05 bits per heavy atom. The summed E-state index contributed by atoms with van der Waals surface area (Å²) < 4.78 is 0. The number of nitro benzene ring substituents is 1. The van der Waals surface area contributed by atoms with Crippen molar-refractivity contribution in [1.29, 1.82) is 5.26 Å². The predicted molar refractivity (Wildman–Crippen MR) is 160 cm³/mol. The molecule has 0 unspecified atom stereocenters. The van der Waals surface area contributed by atoms with Crippen LogP contribution < -0.4 is 10.6 Å². The summed E-state index contributed by atoms with van der Waals surface area (Å²) in [7, 11) is 0. The van der Waals surface area contributed by atoms with E-state index in [4.69, 9.17) is 0 Å². The number of carbonyl (C=O) groups is 2. The lowest BCUT2D eigenvalue weighted by Gasteiger charge is -2.26. The third kappa shape index (κ3) is 6.99. The Morgan fingerprint density at radius 2 is 1.85 bits per heavy atom. The molecular weight excluding hydrogens is 558 g/mol. The van der Waals surface area contributed by atoms with Crippen LogP contribution in [0.1, 0.15) is 31.9 Å². The second-order valence-corrected chi connectivity index (χ2v) is 11.5. The summed E-state index contributed by atoms with van der Waals surface area (Å²) in [6, 6.07) is 25.1. The number of nitriles is 1. The summed E-state index contributed by atoms with van der Waals surface area (Å²) in [6.07, 6.45) is 0.765. The summed E-state index contributed by atoms with van der Waals surface area (Å²) >= 11 is 2.77. The van der Waals surface area contributed by atoms with Crippen LogP contribution in [0.5, 0.6) is 0 Å². The van der Waals surface area contributed by atoms with Crippen LogP contribution in [0.3, 0.4) is 0 Å². The van der Waals surface area contributed by atoms with Crippen molar-refractivity contribution >= 4 is 51.3 Å². The maximum atomic E-state index is 12.8. The minimum Gasteiger partial charge on any atom is -0.322 e. The van der Waals surface area contributed by atoms with E-state index in [1.165, 1.54) is 52.9 Å². The van der Waals surface area contributed by atoms with E-state index in [1.54, 1.807) is 18.2 Å². The van der Waals surface area contributed by atoms with Crippen LogP contribution in [0.25, 0.3) is 0 Å². The number of hydrogen-bond acceptors (Lipinski definition) is 8. The Morgan fingerprint density at radius 3 is 2.63 bits per heavy atom. The third-order valence-electron chi connectivity index (χ3n) is 6.53. The molecule has 41 heavy (non-hydrogen) atoms. The molecule has 1 aromatic heterocycles. The van der Waals surface area contributed by atoms with Gasteiger partial charge < -0.3 is 10.6 Å². The summed E-state index contributed by atoms with van der Waals surface area (Å²) in [6.45, 7) is 2.43. The van der Waals surface area contributed by atoms with Gasteiger partial charge in [-0.3, -0.25) is 24.6 Å². The second-order valence-electron chi connectivity index (χ2n) is 9.39. The van der Waals surface area contributed by atoms with Gasteiger partial charge in [-0.2, -0.15) is 5.26 Å². The number of rotatable bonds is 9. The summed E-state index contributed by atoms with van der Waals surface area (Å²) in [5.41, 5.74) is 3.33. The lowest BCUT2D eigenvalue weighted by molar-refractivity contribution is -0.384. The van der Waals surface area contributed by atoms with Gasteiger partial charge in [0.15, 0.2) is 0 Å².